The molecule has 3 rings (SSSR count). The molecule has 5 heteroatoms. The average molecular weight is 317 g/mol. The van der Waals surface area contributed by atoms with Gasteiger partial charge in [-0.15, -0.1) is 0 Å². The third-order valence-electron chi connectivity index (χ3n) is 4.90. The number of hydrogen-bond acceptors (Lipinski definition) is 3. The number of piperazine rings is 1. The number of methoxy groups -OCH3 is 1. The highest BCUT2D eigenvalue weighted by Crippen LogP contribution is 2.28. The zero-order valence-electron chi connectivity index (χ0n) is 14.2. The van der Waals surface area contributed by atoms with Crippen molar-refractivity contribution in [2.24, 2.45) is 5.92 Å². The third-order valence-corrected chi connectivity index (χ3v) is 4.90. The summed E-state index contributed by atoms with van der Waals surface area (Å²) in [5, 5.41) is 0. The Morgan fingerprint density at radius 2 is 1.83 bits per heavy atom. The van der Waals surface area contributed by atoms with E-state index in [1.165, 1.54) is 6.42 Å². The van der Waals surface area contributed by atoms with Gasteiger partial charge < -0.3 is 19.4 Å². The van der Waals surface area contributed by atoms with Gasteiger partial charge in [0.05, 0.1) is 12.8 Å². The third kappa shape index (κ3) is 3.54. The van der Waals surface area contributed by atoms with Gasteiger partial charge >= 0.3 is 6.03 Å². The highest BCUT2D eigenvalue weighted by Gasteiger charge is 2.28. The summed E-state index contributed by atoms with van der Waals surface area (Å²) in [6.45, 7) is 7.33. The first kappa shape index (κ1) is 16.0. The Morgan fingerprint density at radius 1 is 1.09 bits per heavy atom. The van der Waals surface area contributed by atoms with Crippen molar-refractivity contribution < 1.29 is 9.53 Å². The van der Waals surface area contributed by atoms with E-state index in [1.807, 2.05) is 28.0 Å². The molecular formula is C18H27N3O2. The van der Waals surface area contributed by atoms with Gasteiger partial charge in [-0.2, -0.15) is 0 Å². The van der Waals surface area contributed by atoms with Crippen LogP contribution in [0.25, 0.3) is 0 Å². The minimum absolute atomic E-state index is 0.219. The van der Waals surface area contributed by atoms with E-state index in [0.717, 1.165) is 57.1 Å². The number of likely N-dealkylation sites (tertiary alicyclic amines) is 1. The van der Waals surface area contributed by atoms with Crippen LogP contribution in [0.5, 0.6) is 5.75 Å². The van der Waals surface area contributed by atoms with Crippen molar-refractivity contribution in [1.29, 1.82) is 0 Å². The Kier molecular flexibility index (Phi) is 4.94. The normalized spacial score (nSPS) is 22.2. The summed E-state index contributed by atoms with van der Waals surface area (Å²) >= 11 is 0. The molecule has 0 radical (unpaired) electrons. The zero-order chi connectivity index (χ0) is 16.2. The highest BCUT2D eigenvalue weighted by molar-refractivity contribution is 5.75. The van der Waals surface area contributed by atoms with Crippen molar-refractivity contribution in [3.8, 4) is 5.75 Å². The van der Waals surface area contributed by atoms with Crippen LogP contribution in [0, 0.1) is 5.92 Å². The van der Waals surface area contributed by atoms with E-state index in [4.69, 9.17) is 4.74 Å². The van der Waals surface area contributed by atoms with E-state index >= 15 is 0 Å². The molecule has 1 unspecified atom stereocenters. The SMILES string of the molecule is COc1ccccc1N1CCN(C(=O)N2CCCC(C)C2)CC1. The molecule has 0 N–H and O–H groups in total. The van der Waals surface area contributed by atoms with Gasteiger partial charge in [0, 0.05) is 39.3 Å². The lowest BCUT2D eigenvalue weighted by Gasteiger charge is -2.40. The molecule has 0 aliphatic carbocycles. The predicted octanol–water partition coefficient (Wildman–Crippen LogP) is 2.67. The Hall–Kier alpha value is -1.91. The average Bonchev–Trinajstić information content (AvgIpc) is 2.61. The van der Waals surface area contributed by atoms with Gasteiger partial charge in [-0.05, 0) is 30.9 Å². The van der Waals surface area contributed by atoms with Crippen LogP contribution in [0.2, 0.25) is 0 Å². The fraction of sp³-hybridized carbons (Fsp3) is 0.611. The number of amides is 2. The maximum atomic E-state index is 12.7. The largest absolute Gasteiger partial charge is 0.495 e. The molecule has 23 heavy (non-hydrogen) atoms. The standard InChI is InChI=1S/C18H27N3O2/c1-15-6-5-9-21(14-15)18(22)20-12-10-19(11-13-20)16-7-3-4-8-17(16)23-2/h3-4,7-8,15H,5-6,9-14H2,1-2H3. The summed E-state index contributed by atoms with van der Waals surface area (Å²) in [5.41, 5.74) is 1.12. The minimum atomic E-state index is 0.219. The zero-order valence-corrected chi connectivity index (χ0v) is 14.2. The Labute approximate surface area is 138 Å². The first-order chi connectivity index (χ1) is 11.2. The molecule has 126 valence electrons. The predicted molar refractivity (Wildman–Crippen MR) is 92.1 cm³/mol. The summed E-state index contributed by atoms with van der Waals surface area (Å²) < 4.78 is 5.45. The summed E-state index contributed by atoms with van der Waals surface area (Å²) in [5.74, 6) is 1.53. The van der Waals surface area contributed by atoms with Crippen LogP contribution in [0.1, 0.15) is 19.8 Å². The lowest BCUT2D eigenvalue weighted by Crippen LogP contribution is -2.54. The van der Waals surface area contributed by atoms with E-state index in [9.17, 15) is 4.79 Å². The van der Waals surface area contributed by atoms with Crippen molar-refractivity contribution in [3.05, 3.63) is 24.3 Å². The lowest BCUT2D eigenvalue weighted by molar-refractivity contribution is 0.129. The molecule has 1 aromatic rings. The van der Waals surface area contributed by atoms with Crippen LogP contribution in [0.15, 0.2) is 24.3 Å². The molecule has 2 fully saturated rings. The van der Waals surface area contributed by atoms with Gasteiger partial charge in [0.25, 0.3) is 0 Å². The van der Waals surface area contributed by atoms with Crippen molar-refractivity contribution >= 4 is 11.7 Å². The molecule has 0 bridgehead atoms. The Morgan fingerprint density at radius 3 is 2.52 bits per heavy atom. The number of rotatable bonds is 2. The topological polar surface area (TPSA) is 36.0 Å². The van der Waals surface area contributed by atoms with Gasteiger partial charge in [-0.25, -0.2) is 4.79 Å². The molecule has 5 nitrogen and oxygen atoms in total. The van der Waals surface area contributed by atoms with E-state index in [1.54, 1.807) is 7.11 Å². The number of hydrogen-bond donors (Lipinski definition) is 0. The van der Waals surface area contributed by atoms with E-state index in [-0.39, 0.29) is 6.03 Å². The maximum absolute atomic E-state index is 12.7. The number of nitrogens with zero attached hydrogens (tertiary/aromatic N) is 3. The summed E-state index contributed by atoms with van der Waals surface area (Å²) in [4.78, 5) is 19.0. The van der Waals surface area contributed by atoms with Crippen LogP contribution < -0.4 is 9.64 Å². The second-order valence-corrected chi connectivity index (χ2v) is 6.62. The molecule has 2 heterocycles. The highest BCUT2D eigenvalue weighted by atomic mass is 16.5. The first-order valence-electron chi connectivity index (χ1n) is 8.61. The fourth-order valence-corrected chi connectivity index (χ4v) is 3.59. The van der Waals surface area contributed by atoms with Gasteiger partial charge in [0.2, 0.25) is 0 Å². The number of para-hydroxylation sites is 2. The number of anilines is 1. The maximum Gasteiger partial charge on any atom is 0.320 e. The molecule has 1 atom stereocenters. The number of urea groups is 1. The molecule has 2 aliphatic rings. The molecule has 2 aliphatic heterocycles. The van der Waals surface area contributed by atoms with Crippen LogP contribution in [0.3, 0.4) is 0 Å². The molecular weight excluding hydrogens is 290 g/mol. The molecule has 0 saturated carbocycles. The smallest absolute Gasteiger partial charge is 0.320 e. The lowest BCUT2D eigenvalue weighted by atomic mass is 10.0. The first-order valence-corrected chi connectivity index (χ1v) is 8.61. The minimum Gasteiger partial charge on any atom is -0.495 e. The monoisotopic (exact) mass is 317 g/mol. The van der Waals surface area contributed by atoms with Gasteiger partial charge in [0.1, 0.15) is 5.75 Å². The van der Waals surface area contributed by atoms with Crippen LogP contribution in [0.4, 0.5) is 10.5 Å². The fourth-order valence-electron chi connectivity index (χ4n) is 3.59. The quantitative estimate of drug-likeness (QED) is 0.841. The second kappa shape index (κ2) is 7.11. The van der Waals surface area contributed by atoms with E-state index in [2.05, 4.69) is 17.9 Å². The Bertz CT molecular complexity index is 541. The molecule has 0 spiro atoms. The molecule has 1 aromatic carbocycles. The Balaban J connectivity index is 1.59. The van der Waals surface area contributed by atoms with E-state index in [0.29, 0.717) is 5.92 Å². The van der Waals surface area contributed by atoms with Crippen LogP contribution in [-0.2, 0) is 0 Å². The van der Waals surface area contributed by atoms with Crippen molar-refractivity contribution in [2.75, 3.05) is 51.3 Å². The van der Waals surface area contributed by atoms with Gasteiger partial charge in [-0.1, -0.05) is 19.1 Å². The number of ether oxygens (including phenoxy) is 1. The molecule has 0 aromatic heterocycles. The van der Waals surface area contributed by atoms with Crippen molar-refractivity contribution in [2.45, 2.75) is 19.8 Å². The summed E-state index contributed by atoms with van der Waals surface area (Å²) in [6.07, 6.45) is 2.37. The van der Waals surface area contributed by atoms with E-state index < -0.39 is 0 Å². The van der Waals surface area contributed by atoms with Crippen LogP contribution >= 0.6 is 0 Å². The number of carbonyl (C=O) groups is 1. The molecule has 2 saturated heterocycles. The van der Waals surface area contributed by atoms with Crippen molar-refractivity contribution in [1.82, 2.24) is 9.80 Å². The van der Waals surface area contributed by atoms with Crippen molar-refractivity contribution in [3.63, 3.8) is 0 Å². The summed E-state index contributed by atoms with van der Waals surface area (Å²) in [7, 11) is 1.70. The number of carbonyl (C=O) groups excluding carboxylic acids is 1. The second-order valence-electron chi connectivity index (χ2n) is 6.62. The van der Waals surface area contributed by atoms with Gasteiger partial charge in [0.15, 0.2) is 0 Å². The summed E-state index contributed by atoms with van der Waals surface area (Å²) in [6, 6.07) is 8.31. The van der Waals surface area contributed by atoms with Gasteiger partial charge in [-0.3, -0.25) is 0 Å². The molecule has 2 amide bonds. The number of piperidine rings is 1. The van der Waals surface area contributed by atoms with Crippen LogP contribution in [-0.4, -0.2) is 62.2 Å². The number of benzene rings is 1.